The highest BCUT2D eigenvalue weighted by Gasteiger charge is 2.26. The Kier molecular flexibility index (Phi) is 7.72. The molecule has 1 heteroatoms. The Balaban J connectivity index is 1.14. The van der Waals surface area contributed by atoms with Gasteiger partial charge >= 0.3 is 0 Å². The number of nitrogens with zero attached hydrogens (tertiary/aromatic N) is 1. The smallest absolute Gasteiger partial charge is 0.0488 e. The molecule has 222 valence electrons. The molecule has 45 heavy (non-hydrogen) atoms. The number of allylic oxidation sites excluding steroid dienone is 11. The zero-order valence-electron chi connectivity index (χ0n) is 26.1. The molecule has 1 aromatic heterocycles. The average molecular weight is 584 g/mol. The van der Waals surface area contributed by atoms with Crippen molar-refractivity contribution in [2.45, 2.75) is 69.7 Å². The first-order chi connectivity index (χ1) is 22.3. The van der Waals surface area contributed by atoms with Gasteiger partial charge in [-0.25, -0.2) is 0 Å². The van der Waals surface area contributed by atoms with Crippen LogP contribution in [0.4, 0.5) is 0 Å². The summed E-state index contributed by atoms with van der Waals surface area (Å²) >= 11 is 0. The summed E-state index contributed by atoms with van der Waals surface area (Å²) in [6, 6.07) is 28.1. The molecule has 0 spiro atoms. The van der Waals surface area contributed by atoms with Crippen LogP contribution in [0, 0.1) is 0 Å². The van der Waals surface area contributed by atoms with E-state index in [1.165, 1.54) is 88.4 Å². The van der Waals surface area contributed by atoms with Gasteiger partial charge in [-0.05, 0) is 121 Å². The van der Waals surface area contributed by atoms with Crippen molar-refractivity contribution in [2.75, 3.05) is 0 Å². The number of rotatable bonds is 6. The van der Waals surface area contributed by atoms with Gasteiger partial charge in [0.2, 0.25) is 0 Å². The molecule has 0 amide bonds. The molecule has 0 N–H and O–H groups in total. The van der Waals surface area contributed by atoms with E-state index in [9.17, 15) is 0 Å². The maximum Gasteiger partial charge on any atom is 0.0488 e. The zero-order chi connectivity index (χ0) is 30.0. The highest BCUT2D eigenvalue weighted by Crippen LogP contribution is 2.42. The van der Waals surface area contributed by atoms with Gasteiger partial charge in [0, 0.05) is 28.6 Å². The topological polar surface area (TPSA) is 4.93 Å². The van der Waals surface area contributed by atoms with Crippen molar-refractivity contribution < 1.29 is 0 Å². The number of aryl methyl sites for hydroxylation is 1. The van der Waals surface area contributed by atoms with Gasteiger partial charge in [-0.15, -0.1) is 5.73 Å². The Labute approximate surface area is 268 Å². The van der Waals surface area contributed by atoms with Crippen molar-refractivity contribution >= 4 is 16.5 Å². The lowest BCUT2D eigenvalue weighted by Gasteiger charge is -2.25. The lowest BCUT2D eigenvalue weighted by Crippen LogP contribution is -2.15. The Morgan fingerprint density at radius 2 is 1.60 bits per heavy atom. The number of benzene rings is 3. The summed E-state index contributed by atoms with van der Waals surface area (Å²) in [7, 11) is 0. The standard InChI is InChI=1S/C44H41N/c1-2-6-16-35(15-5-1)44(36-25-21-33(22-26-36)32-13-7-3-8-14-32)37-27-23-34(24-28-37)38-29-30-43-41(31-38)40-19-11-12-20-42(40)45(43)39-17-9-4-10-18-39/h1,3-9,13-16,21,23-25,27-31,39,44H,10-12,17-20,22,26H2/t39?,44-/m1/s1. The fraction of sp³-hybridized carbons (Fsp3) is 0.250. The third-order valence-corrected chi connectivity index (χ3v) is 10.4. The molecule has 1 heterocycles. The number of hydrogen-bond donors (Lipinski definition) is 0. The van der Waals surface area contributed by atoms with E-state index in [4.69, 9.17) is 0 Å². The molecule has 0 aliphatic heterocycles. The molecule has 0 fully saturated rings. The van der Waals surface area contributed by atoms with Crippen LogP contribution < -0.4 is 0 Å². The van der Waals surface area contributed by atoms with E-state index in [0.717, 1.165) is 19.3 Å². The largest absolute Gasteiger partial charge is 0.341 e. The van der Waals surface area contributed by atoms with Crippen LogP contribution >= 0.6 is 0 Å². The molecule has 8 rings (SSSR count). The fourth-order valence-electron chi connectivity index (χ4n) is 8.13. The highest BCUT2D eigenvalue weighted by molar-refractivity contribution is 5.90. The monoisotopic (exact) mass is 583 g/mol. The summed E-state index contributed by atoms with van der Waals surface area (Å²) in [5.41, 5.74) is 17.5. The van der Waals surface area contributed by atoms with Gasteiger partial charge in [-0.2, -0.15) is 0 Å². The summed E-state index contributed by atoms with van der Waals surface area (Å²) < 4.78 is 2.73. The van der Waals surface area contributed by atoms with Crippen LogP contribution in [-0.2, 0) is 12.8 Å². The third-order valence-electron chi connectivity index (χ3n) is 10.4. The molecule has 3 aromatic carbocycles. The Bertz CT molecular complexity index is 1940. The second kappa shape index (κ2) is 12.4. The molecule has 0 saturated carbocycles. The van der Waals surface area contributed by atoms with E-state index in [2.05, 4.69) is 132 Å². The molecule has 4 aliphatic carbocycles. The van der Waals surface area contributed by atoms with Gasteiger partial charge in [0.15, 0.2) is 0 Å². The molecular weight excluding hydrogens is 542 g/mol. The average Bonchev–Trinajstić information content (AvgIpc) is 3.22. The van der Waals surface area contributed by atoms with E-state index in [-0.39, 0.29) is 5.92 Å². The third kappa shape index (κ3) is 5.47. The summed E-state index contributed by atoms with van der Waals surface area (Å²) in [6.07, 6.45) is 31.0. The molecule has 1 unspecified atom stereocenters. The molecule has 2 atom stereocenters. The maximum absolute atomic E-state index is 3.25. The Morgan fingerprint density at radius 1 is 0.733 bits per heavy atom. The molecule has 0 saturated heterocycles. The van der Waals surface area contributed by atoms with E-state index >= 15 is 0 Å². The van der Waals surface area contributed by atoms with Crippen molar-refractivity contribution in [1.82, 2.24) is 4.57 Å². The van der Waals surface area contributed by atoms with E-state index in [1.54, 1.807) is 11.3 Å². The van der Waals surface area contributed by atoms with Crippen molar-refractivity contribution in [1.29, 1.82) is 0 Å². The SMILES string of the molecule is C1=CC=CC([C@H](C2=CC=C(c3ccccc3)CC2)c2ccc(-c3ccc4c(c3)c3c(n4C4CC=CCC4)CCCC3)cc2)=CC=1. The molecule has 1 nitrogen and oxygen atoms in total. The van der Waals surface area contributed by atoms with Crippen molar-refractivity contribution in [2.24, 2.45) is 0 Å². The minimum atomic E-state index is 0.224. The second-order valence-electron chi connectivity index (χ2n) is 13.1. The predicted octanol–water partition coefficient (Wildman–Crippen LogP) is 11.6. The minimum absolute atomic E-state index is 0.224. The number of fused-ring (bicyclic) bond motifs is 3. The van der Waals surface area contributed by atoms with Crippen LogP contribution in [0.1, 0.15) is 79.3 Å². The number of hydrogen-bond acceptors (Lipinski definition) is 0. The molecule has 0 radical (unpaired) electrons. The molecule has 0 bridgehead atoms. The lowest BCUT2D eigenvalue weighted by atomic mass is 9.78. The Morgan fingerprint density at radius 3 is 2.42 bits per heavy atom. The predicted molar refractivity (Wildman–Crippen MR) is 190 cm³/mol. The Hall–Kier alpha value is -4.58. The van der Waals surface area contributed by atoms with Gasteiger partial charge in [-0.3, -0.25) is 0 Å². The van der Waals surface area contributed by atoms with Gasteiger partial charge in [-0.1, -0.05) is 109 Å². The van der Waals surface area contributed by atoms with Crippen LogP contribution in [0.15, 0.2) is 144 Å². The zero-order valence-corrected chi connectivity index (χ0v) is 26.1. The van der Waals surface area contributed by atoms with Gasteiger partial charge in [0.1, 0.15) is 0 Å². The maximum atomic E-state index is 3.25. The summed E-state index contributed by atoms with van der Waals surface area (Å²) in [6.45, 7) is 0. The first-order valence-electron chi connectivity index (χ1n) is 17.0. The van der Waals surface area contributed by atoms with Crippen LogP contribution in [0.5, 0.6) is 0 Å². The first kappa shape index (κ1) is 27.9. The fourth-order valence-corrected chi connectivity index (χ4v) is 8.13. The normalized spacial score (nSPS) is 19.9. The highest BCUT2D eigenvalue weighted by atomic mass is 15.0. The van der Waals surface area contributed by atoms with Gasteiger partial charge < -0.3 is 4.57 Å². The van der Waals surface area contributed by atoms with Crippen molar-refractivity contribution in [3.8, 4) is 11.1 Å². The summed E-state index contributed by atoms with van der Waals surface area (Å²) in [4.78, 5) is 0. The van der Waals surface area contributed by atoms with Gasteiger partial charge in [0.05, 0.1) is 0 Å². The van der Waals surface area contributed by atoms with Crippen LogP contribution in [-0.4, -0.2) is 4.57 Å². The quantitative estimate of drug-likeness (QED) is 0.157. The minimum Gasteiger partial charge on any atom is -0.341 e. The first-order valence-corrected chi connectivity index (χ1v) is 17.0. The molecule has 4 aliphatic rings. The summed E-state index contributed by atoms with van der Waals surface area (Å²) in [5.74, 6) is 0.224. The van der Waals surface area contributed by atoms with E-state index < -0.39 is 0 Å². The summed E-state index contributed by atoms with van der Waals surface area (Å²) in [5, 5.41) is 1.49. The van der Waals surface area contributed by atoms with E-state index in [0.29, 0.717) is 6.04 Å². The van der Waals surface area contributed by atoms with Crippen LogP contribution in [0.3, 0.4) is 0 Å². The number of aromatic nitrogens is 1. The molecular formula is C44H41N. The van der Waals surface area contributed by atoms with Crippen molar-refractivity contribution in [3.63, 3.8) is 0 Å². The van der Waals surface area contributed by atoms with Crippen molar-refractivity contribution in [3.05, 3.63) is 167 Å². The van der Waals surface area contributed by atoms with Gasteiger partial charge in [0.25, 0.3) is 0 Å². The van der Waals surface area contributed by atoms with Crippen LogP contribution in [0.2, 0.25) is 0 Å². The lowest BCUT2D eigenvalue weighted by molar-refractivity contribution is 0.452. The van der Waals surface area contributed by atoms with Crippen LogP contribution in [0.25, 0.3) is 27.6 Å². The second-order valence-corrected chi connectivity index (χ2v) is 13.1. The van der Waals surface area contributed by atoms with E-state index in [1.807, 2.05) is 6.08 Å². The molecule has 4 aromatic rings.